The third-order valence-electron chi connectivity index (χ3n) is 2.74. The molecule has 7 heteroatoms. The zero-order valence-electron chi connectivity index (χ0n) is 12.1. The molecule has 0 aliphatic rings. The van der Waals surface area contributed by atoms with Gasteiger partial charge in [-0.25, -0.2) is 4.98 Å². The molecule has 0 bridgehead atoms. The zero-order valence-corrected chi connectivity index (χ0v) is 12.9. The molecule has 0 aliphatic heterocycles. The van der Waals surface area contributed by atoms with Crippen LogP contribution in [0.25, 0.3) is 10.8 Å². The van der Waals surface area contributed by atoms with Gasteiger partial charge in [-0.2, -0.15) is 0 Å². The Bertz CT molecular complexity index is 661. The van der Waals surface area contributed by atoms with Crippen LogP contribution in [-0.4, -0.2) is 30.0 Å². The second-order valence-electron chi connectivity index (χ2n) is 4.43. The molecule has 0 saturated heterocycles. The fourth-order valence-electron chi connectivity index (χ4n) is 1.67. The average molecular weight is 320 g/mol. The summed E-state index contributed by atoms with van der Waals surface area (Å²) in [5.74, 6) is 0.155. The predicted octanol–water partition coefficient (Wildman–Crippen LogP) is 2.10. The Balaban J connectivity index is 1.89. The highest BCUT2D eigenvalue weighted by Gasteiger charge is 2.16. The number of aryl methyl sites for hydroxylation is 1. The van der Waals surface area contributed by atoms with Crippen LogP contribution >= 0.6 is 11.3 Å². The summed E-state index contributed by atoms with van der Waals surface area (Å²) in [6, 6.07) is 3.79. The molecule has 0 saturated carbocycles. The summed E-state index contributed by atoms with van der Waals surface area (Å²) in [4.78, 5) is 28.2. The number of amides is 1. The Hall–Kier alpha value is -2.41. The van der Waals surface area contributed by atoms with E-state index < -0.39 is 5.97 Å². The standard InChI is InChI=1S/C15H16N2O4S/c1-3-6-16-13(18)9-20-14(19)8-11-10(2)21-15(17-11)12-5-4-7-22-12/h3-5,7H,1,6,8-9H2,2H3,(H,16,18). The van der Waals surface area contributed by atoms with Crippen LogP contribution in [0.15, 0.2) is 34.6 Å². The van der Waals surface area contributed by atoms with Gasteiger partial charge in [-0.1, -0.05) is 12.1 Å². The molecule has 0 fully saturated rings. The Labute approximate surface area is 131 Å². The van der Waals surface area contributed by atoms with Gasteiger partial charge in [0.1, 0.15) is 5.76 Å². The van der Waals surface area contributed by atoms with Crippen LogP contribution in [-0.2, 0) is 20.7 Å². The first-order chi connectivity index (χ1) is 10.6. The van der Waals surface area contributed by atoms with Gasteiger partial charge in [0.15, 0.2) is 6.61 Å². The second kappa shape index (κ2) is 7.56. The maximum absolute atomic E-state index is 11.7. The first kappa shape index (κ1) is 16.0. The number of oxazole rings is 1. The number of thiophene rings is 1. The van der Waals surface area contributed by atoms with E-state index in [1.54, 1.807) is 13.0 Å². The van der Waals surface area contributed by atoms with Crippen molar-refractivity contribution in [3.8, 4) is 10.8 Å². The molecular formula is C15H16N2O4S. The maximum Gasteiger partial charge on any atom is 0.312 e. The highest BCUT2D eigenvalue weighted by atomic mass is 32.1. The molecule has 0 radical (unpaired) electrons. The minimum atomic E-state index is -0.525. The van der Waals surface area contributed by atoms with E-state index in [0.717, 1.165) is 4.88 Å². The lowest BCUT2D eigenvalue weighted by atomic mass is 10.3. The Morgan fingerprint density at radius 1 is 1.55 bits per heavy atom. The number of hydrogen-bond donors (Lipinski definition) is 1. The molecule has 22 heavy (non-hydrogen) atoms. The largest absolute Gasteiger partial charge is 0.455 e. The highest BCUT2D eigenvalue weighted by Crippen LogP contribution is 2.26. The van der Waals surface area contributed by atoms with Crippen LogP contribution in [0.2, 0.25) is 0 Å². The fraction of sp³-hybridized carbons (Fsp3) is 0.267. The molecule has 0 unspecified atom stereocenters. The van der Waals surface area contributed by atoms with Crippen molar-refractivity contribution in [3.63, 3.8) is 0 Å². The van der Waals surface area contributed by atoms with Crippen molar-refractivity contribution >= 4 is 23.2 Å². The summed E-state index contributed by atoms with van der Waals surface area (Å²) in [6.45, 7) is 5.23. The second-order valence-corrected chi connectivity index (χ2v) is 5.38. The number of hydrogen-bond acceptors (Lipinski definition) is 6. The number of aromatic nitrogens is 1. The summed E-state index contributed by atoms with van der Waals surface area (Å²) in [7, 11) is 0. The highest BCUT2D eigenvalue weighted by molar-refractivity contribution is 7.13. The van der Waals surface area contributed by atoms with Crippen molar-refractivity contribution in [2.45, 2.75) is 13.3 Å². The first-order valence-electron chi connectivity index (χ1n) is 6.63. The van der Waals surface area contributed by atoms with Gasteiger partial charge >= 0.3 is 5.97 Å². The van der Waals surface area contributed by atoms with Crippen LogP contribution in [0.5, 0.6) is 0 Å². The molecule has 2 aromatic heterocycles. The first-order valence-corrected chi connectivity index (χ1v) is 7.51. The van der Waals surface area contributed by atoms with Gasteiger partial charge in [0.05, 0.1) is 17.0 Å². The van der Waals surface area contributed by atoms with Gasteiger partial charge in [0.25, 0.3) is 5.91 Å². The monoisotopic (exact) mass is 320 g/mol. The van der Waals surface area contributed by atoms with Crippen molar-refractivity contribution in [3.05, 3.63) is 41.6 Å². The third kappa shape index (κ3) is 4.29. The summed E-state index contributed by atoms with van der Waals surface area (Å²) >= 11 is 1.51. The number of carbonyl (C=O) groups is 2. The van der Waals surface area contributed by atoms with Gasteiger partial charge in [0.2, 0.25) is 5.89 Å². The van der Waals surface area contributed by atoms with Crippen LogP contribution in [0.1, 0.15) is 11.5 Å². The normalized spacial score (nSPS) is 10.2. The van der Waals surface area contributed by atoms with E-state index in [1.165, 1.54) is 11.3 Å². The molecule has 0 atom stereocenters. The van der Waals surface area contributed by atoms with Crippen molar-refractivity contribution in [2.75, 3.05) is 13.2 Å². The van der Waals surface area contributed by atoms with Crippen molar-refractivity contribution in [1.82, 2.24) is 10.3 Å². The van der Waals surface area contributed by atoms with Gasteiger partial charge < -0.3 is 14.5 Å². The fourth-order valence-corrected chi connectivity index (χ4v) is 2.32. The van der Waals surface area contributed by atoms with Crippen LogP contribution in [0, 0.1) is 6.92 Å². The molecule has 1 N–H and O–H groups in total. The minimum Gasteiger partial charge on any atom is -0.455 e. The molecule has 0 aliphatic carbocycles. The number of carbonyl (C=O) groups excluding carboxylic acids is 2. The molecule has 2 rings (SSSR count). The Morgan fingerprint density at radius 2 is 2.36 bits per heavy atom. The smallest absolute Gasteiger partial charge is 0.312 e. The average Bonchev–Trinajstić information content (AvgIpc) is 3.13. The molecule has 116 valence electrons. The van der Waals surface area contributed by atoms with Crippen LogP contribution in [0.3, 0.4) is 0 Å². The van der Waals surface area contributed by atoms with Crippen molar-refractivity contribution in [1.29, 1.82) is 0 Å². The summed E-state index contributed by atoms with van der Waals surface area (Å²) in [5, 5.41) is 4.44. The van der Waals surface area contributed by atoms with Crippen LogP contribution in [0.4, 0.5) is 0 Å². The molecule has 2 aromatic rings. The number of esters is 1. The lowest BCUT2D eigenvalue weighted by Crippen LogP contribution is -2.29. The van der Waals surface area contributed by atoms with E-state index in [-0.39, 0.29) is 18.9 Å². The quantitative estimate of drug-likeness (QED) is 0.624. The van der Waals surface area contributed by atoms with E-state index >= 15 is 0 Å². The maximum atomic E-state index is 11.7. The number of nitrogens with one attached hydrogen (secondary N) is 1. The number of rotatable bonds is 7. The van der Waals surface area contributed by atoms with Crippen LogP contribution < -0.4 is 5.32 Å². The lowest BCUT2D eigenvalue weighted by molar-refractivity contribution is -0.147. The van der Waals surface area contributed by atoms with E-state index in [2.05, 4.69) is 16.9 Å². The Morgan fingerprint density at radius 3 is 3.05 bits per heavy atom. The van der Waals surface area contributed by atoms with E-state index in [1.807, 2.05) is 17.5 Å². The number of ether oxygens (including phenoxy) is 1. The molecule has 0 spiro atoms. The molecule has 2 heterocycles. The van der Waals surface area contributed by atoms with E-state index in [9.17, 15) is 9.59 Å². The summed E-state index contributed by atoms with van der Waals surface area (Å²) in [5.41, 5.74) is 0.514. The Kier molecular flexibility index (Phi) is 5.48. The zero-order chi connectivity index (χ0) is 15.9. The molecule has 0 aromatic carbocycles. The summed E-state index contributed by atoms with van der Waals surface area (Å²) < 4.78 is 10.4. The van der Waals surface area contributed by atoms with Crippen molar-refractivity contribution < 1.29 is 18.7 Å². The summed E-state index contributed by atoms with van der Waals surface area (Å²) in [6.07, 6.45) is 1.51. The van der Waals surface area contributed by atoms with Gasteiger partial charge in [-0.3, -0.25) is 9.59 Å². The van der Waals surface area contributed by atoms with Gasteiger partial charge in [-0.05, 0) is 18.4 Å². The topological polar surface area (TPSA) is 81.4 Å². The molecular weight excluding hydrogens is 304 g/mol. The lowest BCUT2D eigenvalue weighted by Gasteiger charge is -2.04. The number of nitrogens with zero attached hydrogens (tertiary/aromatic N) is 1. The van der Waals surface area contributed by atoms with Gasteiger partial charge in [-0.15, -0.1) is 17.9 Å². The molecule has 1 amide bonds. The molecule has 6 nitrogen and oxygen atoms in total. The minimum absolute atomic E-state index is 0.0323. The third-order valence-corrected chi connectivity index (χ3v) is 3.60. The van der Waals surface area contributed by atoms with E-state index in [0.29, 0.717) is 23.9 Å². The van der Waals surface area contributed by atoms with E-state index in [4.69, 9.17) is 9.15 Å². The van der Waals surface area contributed by atoms with Crippen molar-refractivity contribution in [2.24, 2.45) is 0 Å². The SMILES string of the molecule is C=CCNC(=O)COC(=O)Cc1nc(-c2cccs2)oc1C. The van der Waals surface area contributed by atoms with Gasteiger partial charge in [0, 0.05) is 6.54 Å². The predicted molar refractivity (Wildman–Crippen MR) is 82.4 cm³/mol.